The lowest BCUT2D eigenvalue weighted by molar-refractivity contribution is -0.120. The summed E-state index contributed by atoms with van der Waals surface area (Å²) in [5, 5.41) is 2.90. The number of carbonyl (C=O) groups excluding carboxylic acids is 2. The molecular formula is C19H21BrN2O2. The molecule has 0 bridgehead atoms. The lowest BCUT2D eigenvalue weighted by Gasteiger charge is -2.21. The van der Waals surface area contributed by atoms with Crippen molar-refractivity contribution >= 4 is 39.1 Å². The van der Waals surface area contributed by atoms with Crippen LogP contribution in [-0.2, 0) is 16.0 Å². The van der Waals surface area contributed by atoms with Gasteiger partial charge in [-0.1, -0.05) is 47.1 Å². The van der Waals surface area contributed by atoms with Crippen LogP contribution in [0.25, 0.3) is 0 Å². The Morgan fingerprint density at radius 3 is 2.50 bits per heavy atom. The molecule has 0 fully saturated rings. The highest BCUT2D eigenvalue weighted by atomic mass is 79.9. The van der Waals surface area contributed by atoms with E-state index in [0.717, 1.165) is 27.7 Å². The maximum atomic E-state index is 12.4. The van der Waals surface area contributed by atoms with Crippen molar-refractivity contribution < 1.29 is 9.59 Å². The monoisotopic (exact) mass is 388 g/mol. The number of benzene rings is 2. The molecule has 0 spiro atoms. The molecule has 2 aromatic carbocycles. The molecule has 0 aliphatic heterocycles. The minimum absolute atomic E-state index is 0.0249. The van der Waals surface area contributed by atoms with Crippen molar-refractivity contribution in [3.05, 3.63) is 58.1 Å². The number of halogens is 1. The Morgan fingerprint density at radius 2 is 1.88 bits per heavy atom. The number of anilines is 2. The number of carbonyl (C=O) groups is 2. The molecule has 0 aliphatic rings. The summed E-state index contributed by atoms with van der Waals surface area (Å²) in [5.41, 5.74) is 3.62. The van der Waals surface area contributed by atoms with Crippen molar-refractivity contribution in [2.45, 2.75) is 27.2 Å². The number of hydrogen-bond acceptors (Lipinski definition) is 2. The third-order valence-electron chi connectivity index (χ3n) is 3.82. The third-order valence-corrected chi connectivity index (χ3v) is 4.68. The van der Waals surface area contributed by atoms with Crippen LogP contribution >= 0.6 is 15.9 Å². The van der Waals surface area contributed by atoms with Gasteiger partial charge in [0.2, 0.25) is 11.8 Å². The molecule has 0 saturated heterocycles. The number of para-hydroxylation sites is 1. The number of amides is 2. The molecule has 0 heterocycles. The van der Waals surface area contributed by atoms with E-state index in [0.29, 0.717) is 5.69 Å². The van der Waals surface area contributed by atoms with E-state index in [4.69, 9.17) is 0 Å². The highest BCUT2D eigenvalue weighted by molar-refractivity contribution is 9.10. The molecule has 126 valence electrons. The molecule has 1 N–H and O–H groups in total. The largest absolute Gasteiger partial charge is 0.324 e. The smallest absolute Gasteiger partial charge is 0.244 e. The van der Waals surface area contributed by atoms with Gasteiger partial charge >= 0.3 is 0 Å². The molecule has 2 aromatic rings. The van der Waals surface area contributed by atoms with Gasteiger partial charge in [-0.3, -0.25) is 9.59 Å². The highest BCUT2D eigenvalue weighted by Crippen LogP contribution is 2.24. The second-order valence-corrected chi connectivity index (χ2v) is 6.45. The van der Waals surface area contributed by atoms with Crippen molar-refractivity contribution in [1.29, 1.82) is 0 Å². The quantitative estimate of drug-likeness (QED) is 0.829. The van der Waals surface area contributed by atoms with Gasteiger partial charge in [0.05, 0.1) is 0 Å². The van der Waals surface area contributed by atoms with Crippen LogP contribution in [0.5, 0.6) is 0 Å². The standard InChI is InChI=1S/C19H21BrN2O2/c1-4-15-7-5-6-8-18(15)21-19(24)12-22(14(3)23)16-10-9-13(2)17(20)11-16/h5-11H,4,12H2,1-3H3,(H,21,24). The molecule has 4 nitrogen and oxygen atoms in total. The zero-order valence-corrected chi connectivity index (χ0v) is 15.7. The number of aryl methyl sites for hydroxylation is 2. The number of nitrogens with zero attached hydrogens (tertiary/aromatic N) is 1. The van der Waals surface area contributed by atoms with Crippen LogP contribution in [0.2, 0.25) is 0 Å². The Bertz CT molecular complexity index is 759. The van der Waals surface area contributed by atoms with E-state index >= 15 is 0 Å². The predicted octanol–water partition coefficient (Wildman–Crippen LogP) is 4.31. The van der Waals surface area contributed by atoms with Crippen LogP contribution in [0.3, 0.4) is 0 Å². The van der Waals surface area contributed by atoms with E-state index in [1.165, 1.54) is 11.8 Å². The predicted molar refractivity (Wildman–Crippen MR) is 101 cm³/mol. The van der Waals surface area contributed by atoms with Gasteiger partial charge in [0, 0.05) is 22.8 Å². The SMILES string of the molecule is CCc1ccccc1NC(=O)CN(C(C)=O)c1ccc(C)c(Br)c1. The third kappa shape index (κ3) is 4.45. The molecule has 2 amide bonds. The average Bonchev–Trinajstić information content (AvgIpc) is 2.55. The van der Waals surface area contributed by atoms with Crippen LogP contribution in [-0.4, -0.2) is 18.4 Å². The van der Waals surface area contributed by atoms with Crippen molar-refractivity contribution in [2.24, 2.45) is 0 Å². The maximum absolute atomic E-state index is 12.4. The van der Waals surface area contributed by atoms with Gasteiger partial charge in [-0.25, -0.2) is 0 Å². The summed E-state index contributed by atoms with van der Waals surface area (Å²) >= 11 is 3.46. The molecule has 0 aromatic heterocycles. The average molecular weight is 389 g/mol. The van der Waals surface area contributed by atoms with Crippen molar-refractivity contribution in [3.63, 3.8) is 0 Å². The van der Waals surface area contributed by atoms with Gasteiger partial charge in [-0.2, -0.15) is 0 Å². The van der Waals surface area contributed by atoms with Crippen LogP contribution in [0.1, 0.15) is 25.0 Å². The van der Waals surface area contributed by atoms with Gasteiger partial charge in [0.1, 0.15) is 6.54 Å². The fourth-order valence-corrected chi connectivity index (χ4v) is 2.78. The number of hydrogen-bond donors (Lipinski definition) is 1. The Morgan fingerprint density at radius 1 is 1.17 bits per heavy atom. The second-order valence-electron chi connectivity index (χ2n) is 5.60. The summed E-state index contributed by atoms with van der Waals surface area (Å²) in [6.07, 6.45) is 0.831. The zero-order valence-electron chi connectivity index (χ0n) is 14.1. The molecule has 0 radical (unpaired) electrons. The fraction of sp³-hybridized carbons (Fsp3) is 0.263. The first-order valence-corrected chi connectivity index (χ1v) is 8.63. The molecule has 24 heavy (non-hydrogen) atoms. The lowest BCUT2D eigenvalue weighted by Crippen LogP contribution is -2.36. The first-order valence-electron chi connectivity index (χ1n) is 7.84. The number of nitrogens with one attached hydrogen (secondary N) is 1. The number of rotatable bonds is 5. The summed E-state index contributed by atoms with van der Waals surface area (Å²) in [6.45, 7) is 5.45. The normalized spacial score (nSPS) is 10.3. The van der Waals surface area contributed by atoms with Crippen LogP contribution in [0.4, 0.5) is 11.4 Å². The molecule has 0 aliphatic carbocycles. The molecule has 5 heteroatoms. The Labute approximate surface area is 151 Å². The van der Waals surface area contributed by atoms with Gasteiger partial charge in [-0.15, -0.1) is 0 Å². The summed E-state index contributed by atoms with van der Waals surface area (Å²) in [7, 11) is 0. The second kappa shape index (κ2) is 8.11. The van der Waals surface area contributed by atoms with E-state index in [9.17, 15) is 9.59 Å². The molecule has 0 unspecified atom stereocenters. The van der Waals surface area contributed by atoms with Crippen LogP contribution in [0.15, 0.2) is 46.9 Å². The van der Waals surface area contributed by atoms with E-state index in [2.05, 4.69) is 21.2 Å². The lowest BCUT2D eigenvalue weighted by atomic mass is 10.1. The van der Waals surface area contributed by atoms with Crippen molar-refractivity contribution in [1.82, 2.24) is 0 Å². The van der Waals surface area contributed by atoms with E-state index in [1.807, 2.05) is 56.3 Å². The molecular weight excluding hydrogens is 368 g/mol. The first-order chi connectivity index (χ1) is 11.4. The van der Waals surface area contributed by atoms with Crippen LogP contribution in [0, 0.1) is 6.92 Å². The van der Waals surface area contributed by atoms with Gasteiger partial charge in [0.25, 0.3) is 0 Å². The van der Waals surface area contributed by atoms with Crippen LogP contribution < -0.4 is 10.2 Å². The molecule has 0 saturated carbocycles. The Balaban J connectivity index is 2.17. The topological polar surface area (TPSA) is 49.4 Å². The van der Waals surface area contributed by atoms with Crippen molar-refractivity contribution in [2.75, 3.05) is 16.8 Å². The maximum Gasteiger partial charge on any atom is 0.244 e. The Hall–Kier alpha value is -2.14. The van der Waals surface area contributed by atoms with Crippen molar-refractivity contribution in [3.8, 4) is 0 Å². The minimum atomic E-state index is -0.220. The molecule has 0 atom stereocenters. The summed E-state index contributed by atoms with van der Waals surface area (Å²) < 4.78 is 0.906. The highest BCUT2D eigenvalue weighted by Gasteiger charge is 2.17. The van der Waals surface area contributed by atoms with Gasteiger partial charge in [-0.05, 0) is 42.7 Å². The minimum Gasteiger partial charge on any atom is -0.324 e. The van der Waals surface area contributed by atoms with Gasteiger partial charge in [0.15, 0.2) is 0 Å². The Kier molecular flexibility index (Phi) is 6.15. The van der Waals surface area contributed by atoms with E-state index in [-0.39, 0.29) is 18.4 Å². The fourth-order valence-electron chi connectivity index (χ4n) is 2.42. The zero-order chi connectivity index (χ0) is 17.7. The van der Waals surface area contributed by atoms with E-state index in [1.54, 1.807) is 0 Å². The molecule has 2 rings (SSSR count). The summed E-state index contributed by atoms with van der Waals surface area (Å²) in [4.78, 5) is 25.9. The summed E-state index contributed by atoms with van der Waals surface area (Å²) in [6, 6.07) is 13.3. The van der Waals surface area contributed by atoms with E-state index < -0.39 is 0 Å². The summed E-state index contributed by atoms with van der Waals surface area (Å²) in [5.74, 6) is -0.396. The van der Waals surface area contributed by atoms with Gasteiger partial charge < -0.3 is 10.2 Å². The first kappa shape index (κ1) is 18.2.